The van der Waals surface area contributed by atoms with E-state index in [9.17, 15) is 9.59 Å². The van der Waals surface area contributed by atoms with Crippen molar-refractivity contribution in [2.45, 2.75) is 290 Å². The molecular formula is C82H110CoN4O4. The number of aromatic nitrogens is 2. The minimum atomic E-state index is -0.239. The van der Waals surface area contributed by atoms with Gasteiger partial charge in [0.15, 0.2) is 0 Å². The van der Waals surface area contributed by atoms with Crippen LogP contribution in [0, 0.1) is 24.7 Å². The van der Waals surface area contributed by atoms with E-state index in [1.807, 2.05) is 13.8 Å². The quantitative estimate of drug-likeness (QED) is 0.116. The van der Waals surface area contributed by atoms with E-state index in [2.05, 4.69) is 116 Å². The maximum absolute atomic E-state index is 14.3. The van der Waals surface area contributed by atoms with Gasteiger partial charge in [0.1, 0.15) is 0 Å². The van der Waals surface area contributed by atoms with Crippen molar-refractivity contribution in [1.82, 2.24) is 9.97 Å². The first-order valence-corrected chi connectivity index (χ1v) is 36.5. The predicted octanol–water partition coefficient (Wildman–Crippen LogP) is 21.5. The van der Waals surface area contributed by atoms with E-state index in [4.69, 9.17) is 29.4 Å². The Kier molecular flexibility index (Phi) is 23.3. The molecule has 0 atom stereocenters. The molecular weight excluding hydrogens is 1160 g/mol. The molecule has 6 aliphatic carbocycles. The van der Waals surface area contributed by atoms with E-state index in [1.54, 1.807) is 0 Å². The van der Waals surface area contributed by atoms with Crippen molar-refractivity contribution in [3.63, 3.8) is 0 Å². The molecule has 1 radical (unpaired) electrons. The number of carbonyl (C=O) groups excluding carboxylic acids is 2. The van der Waals surface area contributed by atoms with Crippen molar-refractivity contribution in [3.8, 4) is 0 Å². The van der Waals surface area contributed by atoms with Crippen molar-refractivity contribution in [2.75, 3.05) is 13.2 Å². The molecule has 0 saturated heterocycles. The van der Waals surface area contributed by atoms with Gasteiger partial charge in [0.2, 0.25) is 0 Å². The first kappa shape index (κ1) is 68.6. The number of benzene rings is 2. The third kappa shape index (κ3) is 15.6. The summed E-state index contributed by atoms with van der Waals surface area (Å²) in [4.78, 5) is 49.9. The second kappa shape index (κ2) is 30.9. The fraction of sp³-hybridized carbons (Fsp3) is 0.610. The van der Waals surface area contributed by atoms with Gasteiger partial charge in [-0.1, -0.05) is 223 Å². The Hall–Kier alpha value is -5.25. The van der Waals surface area contributed by atoms with E-state index in [1.165, 1.54) is 210 Å². The molecule has 4 heterocycles. The van der Waals surface area contributed by atoms with Crippen LogP contribution in [-0.4, -0.2) is 36.6 Å². The Balaban J connectivity index is 0.000000203. The van der Waals surface area contributed by atoms with Gasteiger partial charge in [0.05, 0.1) is 35.9 Å². The van der Waals surface area contributed by atoms with Crippen molar-refractivity contribution < 1.29 is 35.8 Å². The van der Waals surface area contributed by atoms with Crippen LogP contribution in [-0.2, 0) is 41.9 Å². The molecule has 9 heteroatoms. The predicted molar refractivity (Wildman–Crippen MR) is 372 cm³/mol. The fourth-order valence-corrected chi connectivity index (χ4v) is 16.9. The maximum atomic E-state index is 14.3. The Morgan fingerprint density at radius 1 is 0.484 bits per heavy atom. The van der Waals surface area contributed by atoms with Gasteiger partial charge in [-0.3, -0.25) is 9.98 Å². The van der Waals surface area contributed by atoms with Gasteiger partial charge in [0.25, 0.3) is 0 Å². The van der Waals surface area contributed by atoms with E-state index in [0.717, 1.165) is 89.3 Å². The topological polar surface area (TPSA) is 106 Å². The maximum Gasteiger partial charge on any atom is 2.00 e. The Morgan fingerprint density at radius 2 is 0.912 bits per heavy atom. The van der Waals surface area contributed by atoms with Gasteiger partial charge in [0, 0.05) is 23.1 Å². The summed E-state index contributed by atoms with van der Waals surface area (Å²) in [5.41, 5.74) is 22.2. The van der Waals surface area contributed by atoms with Gasteiger partial charge in [-0.2, -0.15) is 5.69 Å². The van der Waals surface area contributed by atoms with Gasteiger partial charge < -0.3 is 19.4 Å². The van der Waals surface area contributed by atoms with Gasteiger partial charge >= 0.3 is 28.7 Å². The molecule has 12 rings (SSSR count). The molecule has 6 fully saturated rings. The van der Waals surface area contributed by atoms with Crippen molar-refractivity contribution in [2.24, 2.45) is 27.7 Å². The summed E-state index contributed by atoms with van der Waals surface area (Å²) in [6.45, 7) is 22.5. The summed E-state index contributed by atoms with van der Waals surface area (Å²) in [7, 11) is 0. The van der Waals surface area contributed by atoms with Crippen LogP contribution < -0.4 is 9.97 Å². The van der Waals surface area contributed by atoms with Crippen molar-refractivity contribution >= 4 is 34.5 Å². The summed E-state index contributed by atoms with van der Waals surface area (Å²) >= 11 is 0. The molecule has 0 N–H and O–H groups in total. The molecule has 8 nitrogen and oxygen atoms in total. The third-order valence-corrected chi connectivity index (χ3v) is 22.1. The molecule has 0 amide bonds. The minimum Gasteiger partial charge on any atom is -0.660 e. The third-order valence-electron chi connectivity index (χ3n) is 22.1. The van der Waals surface area contributed by atoms with Crippen LogP contribution in [0.2, 0.25) is 0 Å². The average Bonchev–Trinajstić information content (AvgIpc) is 1.65. The normalized spacial score (nSPS) is 21.8. The molecule has 491 valence electrons. The zero-order valence-corrected chi connectivity index (χ0v) is 58.7. The summed E-state index contributed by atoms with van der Waals surface area (Å²) in [5.74, 6) is 2.15. The standard InChI is InChI=1S/C46H64N2O2.C36H48N2O2.Co/c1-5-50-45(49)41-39(33-22-14-8-15-23-33)44(48-42(41)35-24-16-9-17-25-35)40(34-26-28-36(29-27-34)46(2,3)4)43-37(31-18-10-6-11-19-31)30-38(47-43)32-20-12-7-13-21-32;1-7-40-35(39)30-24(3)33(38-34(30)27-16-12-9-13-17-27)31(26-18-20-28(21-19-26)36(4,5)6)32-23(2)22-29(37-32)25-14-10-8-11-15-25;/h26-33,35H,5-25H2,1-4H3,(H,47,48,49);18-22,25,27H,7-17H2,1-6H3,(H,37,38,39);/q;;+2/p-2. The first-order chi connectivity index (χ1) is 43.5. The van der Waals surface area contributed by atoms with Gasteiger partial charge in [-0.15, -0.1) is 17.1 Å². The molecule has 8 aliphatic rings. The SMILES string of the molecule is CCOC(=O)C1=C(C2CCCCC2)/C(=C(\c2ccc(C(C)(C)C)cc2)c2[n-]c(C3CCCCC3)cc2C2CCCCC2)N=C1C1CCCCC1.CCOC(=O)c1c(C2CCCCC2)[n-]c(/C(=C2\N=C(C3CCCCC3)C=C2C)c2ccc(C(C)(C)C)cc2)c1C.[Co+2]. The van der Waals surface area contributed by atoms with E-state index < -0.39 is 0 Å². The van der Waals surface area contributed by atoms with Crippen LogP contribution in [0.3, 0.4) is 0 Å². The summed E-state index contributed by atoms with van der Waals surface area (Å²) in [6, 6.07) is 20.8. The molecule has 2 aliphatic heterocycles. The minimum absolute atomic E-state index is 0. The number of aliphatic imine (C=N–C) groups is 2. The van der Waals surface area contributed by atoms with Crippen LogP contribution in [0.5, 0.6) is 0 Å². The Labute approximate surface area is 559 Å². The molecule has 0 unspecified atom stereocenters. The summed E-state index contributed by atoms with van der Waals surface area (Å²) < 4.78 is 11.5. The number of ether oxygens (including phenoxy) is 2. The zero-order valence-electron chi connectivity index (χ0n) is 57.6. The summed E-state index contributed by atoms with van der Waals surface area (Å²) in [5, 5.41) is 0. The van der Waals surface area contributed by atoms with Crippen LogP contribution in [0.25, 0.3) is 11.1 Å². The molecule has 4 aromatic rings. The zero-order chi connectivity index (χ0) is 63.1. The molecule has 6 saturated carbocycles. The molecule has 2 aromatic heterocycles. The van der Waals surface area contributed by atoms with Crippen LogP contribution in [0.1, 0.15) is 339 Å². The van der Waals surface area contributed by atoms with Crippen molar-refractivity contribution in [3.05, 3.63) is 151 Å². The monoisotopic (exact) mass is 1270 g/mol. The van der Waals surface area contributed by atoms with Gasteiger partial charge in [-0.05, 0) is 190 Å². The van der Waals surface area contributed by atoms with E-state index >= 15 is 0 Å². The van der Waals surface area contributed by atoms with Crippen LogP contribution in [0.15, 0.2) is 98.8 Å². The largest absolute Gasteiger partial charge is 2.00 e. The molecule has 91 heavy (non-hydrogen) atoms. The second-order valence-electron chi connectivity index (χ2n) is 30.5. The number of nitrogens with zero attached hydrogens (tertiary/aromatic N) is 4. The van der Waals surface area contributed by atoms with Gasteiger partial charge in [-0.25, -0.2) is 9.59 Å². The Bertz CT molecular complexity index is 3340. The number of carbonyl (C=O) groups is 2. The van der Waals surface area contributed by atoms with Crippen LogP contribution in [0.4, 0.5) is 0 Å². The fourth-order valence-electron chi connectivity index (χ4n) is 16.9. The second-order valence-corrected chi connectivity index (χ2v) is 30.5. The number of hydrogen-bond donors (Lipinski definition) is 0. The molecule has 0 bridgehead atoms. The first-order valence-electron chi connectivity index (χ1n) is 36.5. The summed E-state index contributed by atoms with van der Waals surface area (Å²) in [6.07, 6.45) is 39.1. The van der Waals surface area contributed by atoms with E-state index in [0.29, 0.717) is 54.3 Å². The number of rotatable bonds is 14. The molecule has 0 spiro atoms. The molecule has 2 aromatic carbocycles. The number of allylic oxidation sites excluding steroid dienone is 3. The van der Waals surface area contributed by atoms with Crippen LogP contribution >= 0.6 is 0 Å². The van der Waals surface area contributed by atoms with Crippen molar-refractivity contribution in [1.29, 1.82) is 0 Å². The van der Waals surface area contributed by atoms with E-state index in [-0.39, 0.29) is 39.5 Å². The smallest absolute Gasteiger partial charge is 0.660 e. The number of hydrogen-bond acceptors (Lipinski definition) is 6. The average molecular weight is 1270 g/mol. The number of esters is 2. The Morgan fingerprint density at radius 3 is 1.40 bits per heavy atom.